The lowest BCUT2D eigenvalue weighted by Gasteiger charge is -2.32. The van der Waals surface area contributed by atoms with Gasteiger partial charge >= 0.3 is 0 Å². The summed E-state index contributed by atoms with van der Waals surface area (Å²) in [6.45, 7) is 4.03. The Hall–Kier alpha value is -2.03. The molecule has 0 atom stereocenters. The number of rotatable bonds is 7. The summed E-state index contributed by atoms with van der Waals surface area (Å²) in [6.07, 6.45) is 14.7. The molecular formula is C29H35F3. The molecule has 0 N–H and O–H groups in total. The third-order valence-electron chi connectivity index (χ3n) is 7.69. The number of hydrogen-bond acceptors (Lipinski definition) is 0. The largest absolute Gasteiger partial charge is 0.206 e. The average molecular weight is 441 g/mol. The third-order valence-corrected chi connectivity index (χ3v) is 7.69. The van der Waals surface area contributed by atoms with E-state index in [0.717, 1.165) is 29.9 Å². The fourth-order valence-corrected chi connectivity index (χ4v) is 5.64. The van der Waals surface area contributed by atoms with Gasteiger partial charge in [-0.1, -0.05) is 63.3 Å². The Morgan fingerprint density at radius 3 is 2.34 bits per heavy atom. The minimum Gasteiger partial charge on any atom is -0.206 e. The summed E-state index contributed by atoms with van der Waals surface area (Å²) in [7, 11) is 0. The van der Waals surface area contributed by atoms with Gasteiger partial charge in [-0.05, 0) is 85.6 Å². The topological polar surface area (TPSA) is 0 Å². The third kappa shape index (κ3) is 4.82. The SMILES string of the molecule is CCCCCC1CCC(C2=CCc3cc(-c4ccc(CC)c(F)c4F)c(F)cc3C2)CC1. The summed E-state index contributed by atoms with van der Waals surface area (Å²) in [5, 5.41) is 0. The van der Waals surface area contributed by atoms with Gasteiger partial charge in [0.2, 0.25) is 0 Å². The predicted octanol–water partition coefficient (Wildman–Crippen LogP) is 8.75. The maximum atomic E-state index is 15.0. The van der Waals surface area contributed by atoms with Gasteiger partial charge in [-0.3, -0.25) is 0 Å². The second-order valence-corrected chi connectivity index (χ2v) is 9.73. The number of unbranched alkanes of at least 4 members (excludes halogenated alkanes) is 2. The molecule has 2 aliphatic rings. The van der Waals surface area contributed by atoms with Crippen LogP contribution in [-0.4, -0.2) is 0 Å². The first-order valence-electron chi connectivity index (χ1n) is 12.5. The van der Waals surface area contributed by atoms with Crippen LogP contribution in [0.2, 0.25) is 0 Å². The Labute approximate surface area is 190 Å². The highest BCUT2D eigenvalue weighted by molar-refractivity contribution is 5.67. The maximum absolute atomic E-state index is 15.0. The number of halogens is 3. The molecule has 0 saturated heterocycles. The number of benzene rings is 2. The van der Waals surface area contributed by atoms with Crippen molar-refractivity contribution in [2.24, 2.45) is 11.8 Å². The molecule has 0 amide bonds. The smallest absolute Gasteiger partial charge is 0.167 e. The monoisotopic (exact) mass is 440 g/mol. The van der Waals surface area contributed by atoms with E-state index in [1.165, 1.54) is 63.0 Å². The lowest BCUT2D eigenvalue weighted by Crippen LogP contribution is -2.19. The summed E-state index contributed by atoms with van der Waals surface area (Å²) < 4.78 is 43.9. The van der Waals surface area contributed by atoms with Gasteiger partial charge in [-0.2, -0.15) is 0 Å². The first-order valence-corrected chi connectivity index (χ1v) is 12.5. The predicted molar refractivity (Wildman–Crippen MR) is 126 cm³/mol. The molecule has 2 aromatic carbocycles. The molecule has 0 aromatic heterocycles. The lowest BCUT2D eigenvalue weighted by molar-refractivity contribution is 0.279. The van der Waals surface area contributed by atoms with Gasteiger partial charge in [0.05, 0.1) is 0 Å². The molecule has 1 saturated carbocycles. The second kappa shape index (κ2) is 10.3. The van der Waals surface area contributed by atoms with Crippen LogP contribution >= 0.6 is 0 Å². The molecule has 1 fully saturated rings. The van der Waals surface area contributed by atoms with Gasteiger partial charge in [0, 0.05) is 11.1 Å². The van der Waals surface area contributed by atoms with Crippen molar-refractivity contribution >= 4 is 0 Å². The molecule has 0 heterocycles. The highest BCUT2D eigenvalue weighted by Crippen LogP contribution is 2.40. The van der Waals surface area contributed by atoms with E-state index in [1.54, 1.807) is 25.1 Å². The van der Waals surface area contributed by atoms with Gasteiger partial charge in [-0.25, -0.2) is 13.2 Å². The summed E-state index contributed by atoms with van der Waals surface area (Å²) in [5.41, 5.74) is 3.96. The number of fused-ring (bicyclic) bond motifs is 1. The number of aryl methyl sites for hydroxylation is 1. The van der Waals surface area contributed by atoms with Crippen molar-refractivity contribution in [3.63, 3.8) is 0 Å². The van der Waals surface area contributed by atoms with Crippen LogP contribution in [0.25, 0.3) is 11.1 Å². The summed E-state index contributed by atoms with van der Waals surface area (Å²) in [6, 6.07) is 6.35. The molecule has 0 nitrogen and oxygen atoms in total. The molecular weight excluding hydrogens is 405 g/mol. The van der Waals surface area contributed by atoms with Gasteiger partial charge in [0.25, 0.3) is 0 Å². The van der Waals surface area contributed by atoms with Gasteiger partial charge in [-0.15, -0.1) is 0 Å². The van der Waals surface area contributed by atoms with Crippen molar-refractivity contribution in [2.45, 2.75) is 84.5 Å². The highest BCUT2D eigenvalue weighted by atomic mass is 19.2. The molecule has 172 valence electrons. The van der Waals surface area contributed by atoms with Crippen LogP contribution in [-0.2, 0) is 19.3 Å². The average Bonchev–Trinajstić information content (AvgIpc) is 2.81. The first kappa shape index (κ1) is 23.1. The van der Waals surface area contributed by atoms with Crippen molar-refractivity contribution in [3.8, 4) is 11.1 Å². The van der Waals surface area contributed by atoms with Crippen LogP contribution in [0.15, 0.2) is 35.9 Å². The fraction of sp³-hybridized carbons (Fsp3) is 0.517. The molecule has 32 heavy (non-hydrogen) atoms. The molecule has 0 aliphatic heterocycles. The van der Waals surface area contributed by atoms with Crippen LogP contribution in [0.4, 0.5) is 13.2 Å². The fourth-order valence-electron chi connectivity index (χ4n) is 5.64. The molecule has 0 spiro atoms. The Bertz CT molecular complexity index is 980. The van der Waals surface area contributed by atoms with Crippen LogP contribution in [0.3, 0.4) is 0 Å². The minimum atomic E-state index is -0.953. The van der Waals surface area contributed by atoms with E-state index in [4.69, 9.17) is 0 Å². The Morgan fingerprint density at radius 1 is 0.844 bits per heavy atom. The van der Waals surface area contributed by atoms with Crippen LogP contribution in [0.1, 0.15) is 81.9 Å². The minimum absolute atomic E-state index is 0.0103. The van der Waals surface area contributed by atoms with E-state index in [2.05, 4.69) is 13.0 Å². The molecule has 0 unspecified atom stereocenters. The summed E-state index contributed by atoms with van der Waals surface area (Å²) in [4.78, 5) is 0. The molecule has 3 heteroatoms. The van der Waals surface area contributed by atoms with E-state index in [0.29, 0.717) is 17.9 Å². The van der Waals surface area contributed by atoms with Crippen molar-refractivity contribution in [3.05, 3.63) is 70.1 Å². The van der Waals surface area contributed by atoms with E-state index in [1.807, 2.05) is 0 Å². The van der Waals surface area contributed by atoms with E-state index in [-0.39, 0.29) is 11.1 Å². The quantitative estimate of drug-likeness (QED) is 0.298. The van der Waals surface area contributed by atoms with Gasteiger partial charge < -0.3 is 0 Å². The van der Waals surface area contributed by atoms with E-state index < -0.39 is 17.5 Å². The second-order valence-electron chi connectivity index (χ2n) is 9.73. The van der Waals surface area contributed by atoms with Gasteiger partial charge in [0.15, 0.2) is 11.6 Å². The zero-order valence-electron chi connectivity index (χ0n) is 19.5. The number of allylic oxidation sites excluding steroid dienone is 2. The van der Waals surface area contributed by atoms with Crippen molar-refractivity contribution in [2.75, 3.05) is 0 Å². The zero-order chi connectivity index (χ0) is 22.7. The Morgan fingerprint density at radius 2 is 1.62 bits per heavy atom. The standard InChI is InChI=1S/C29H35F3/c1-3-5-6-7-19-8-10-21(11-9-19)22-12-13-23-17-26(27(30)18-24(23)16-22)25-15-14-20(4-2)28(31)29(25)32/h12,14-15,17-19,21H,3-11,13,16H2,1-2H3. The van der Waals surface area contributed by atoms with Crippen molar-refractivity contribution in [1.29, 1.82) is 0 Å². The molecule has 0 radical (unpaired) electrons. The molecule has 2 aromatic rings. The van der Waals surface area contributed by atoms with E-state index >= 15 is 4.39 Å². The maximum Gasteiger partial charge on any atom is 0.167 e. The first-order chi connectivity index (χ1) is 15.5. The Balaban J connectivity index is 1.47. The van der Waals surface area contributed by atoms with Crippen molar-refractivity contribution < 1.29 is 13.2 Å². The highest BCUT2D eigenvalue weighted by Gasteiger charge is 2.26. The lowest BCUT2D eigenvalue weighted by atomic mass is 9.73. The summed E-state index contributed by atoms with van der Waals surface area (Å²) in [5.74, 6) is -0.794. The van der Waals surface area contributed by atoms with Crippen molar-refractivity contribution in [1.82, 2.24) is 0 Å². The molecule has 4 rings (SSSR count). The Kier molecular flexibility index (Phi) is 7.43. The number of hydrogen-bond donors (Lipinski definition) is 0. The molecule has 0 bridgehead atoms. The molecule has 2 aliphatic carbocycles. The zero-order valence-corrected chi connectivity index (χ0v) is 19.5. The van der Waals surface area contributed by atoms with Gasteiger partial charge in [0.1, 0.15) is 5.82 Å². The summed E-state index contributed by atoms with van der Waals surface area (Å²) >= 11 is 0. The van der Waals surface area contributed by atoms with Crippen LogP contribution in [0, 0.1) is 29.3 Å². The van der Waals surface area contributed by atoms with Crippen LogP contribution in [0.5, 0.6) is 0 Å². The van der Waals surface area contributed by atoms with Crippen LogP contribution < -0.4 is 0 Å². The van der Waals surface area contributed by atoms with E-state index in [9.17, 15) is 8.78 Å². The normalized spacial score (nSPS) is 20.7.